The van der Waals surface area contributed by atoms with Gasteiger partial charge in [0.1, 0.15) is 0 Å². The molecule has 2 aliphatic rings. The molecule has 15 heavy (non-hydrogen) atoms. The van der Waals surface area contributed by atoms with Crippen LogP contribution >= 0.6 is 0 Å². The van der Waals surface area contributed by atoms with Crippen molar-refractivity contribution in [2.75, 3.05) is 7.11 Å². The molecule has 0 amide bonds. The summed E-state index contributed by atoms with van der Waals surface area (Å²) in [6.45, 7) is 2.33. The molecule has 3 atom stereocenters. The average Bonchev–Trinajstić information content (AvgIpc) is 3.02. The Morgan fingerprint density at radius 3 is 2.60 bits per heavy atom. The van der Waals surface area contributed by atoms with Gasteiger partial charge < -0.3 is 10.1 Å². The molecular formula is C13H25NO. The highest BCUT2D eigenvalue weighted by Gasteiger charge is 2.28. The molecule has 0 aliphatic heterocycles. The smallest absolute Gasteiger partial charge is 0.0724 e. The van der Waals surface area contributed by atoms with Gasteiger partial charge >= 0.3 is 0 Å². The molecule has 3 unspecified atom stereocenters. The predicted molar refractivity (Wildman–Crippen MR) is 63.0 cm³/mol. The zero-order chi connectivity index (χ0) is 10.7. The number of hydrogen-bond acceptors (Lipinski definition) is 2. The monoisotopic (exact) mass is 211 g/mol. The Balaban J connectivity index is 1.74. The Morgan fingerprint density at radius 1 is 1.20 bits per heavy atom. The maximum atomic E-state index is 5.56. The van der Waals surface area contributed by atoms with Gasteiger partial charge in [0.25, 0.3) is 0 Å². The molecule has 0 radical (unpaired) electrons. The summed E-state index contributed by atoms with van der Waals surface area (Å²) >= 11 is 0. The predicted octanol–water partition coefficient (Wildman–Crippen LogP) is 2.72. The Hall–Kier alpha value is -0.0800. The number of hydrogen-bond donors (Lipinski definition) is 1. The summed E-state index contributed by atoms with van der Waals surface area (Å²) in [7, 11) is 1.86. The van der Waals surface area contributed by atoms with Crippen LogP contribution in [0.25, 0.3) is 0 Å². The van der Waals surface area contributed by atoms with Gasteiger partial charge in [0.05, 0.1) is 6.10 Å². The van der Waals surface area contributed by atoms with Crippen molar-refractivity contribution in [1.82, 2.24) is 5.32 Å². The van der Waals surface area contributed by atoms with E-state index in [4.69, 9.17) is 4.74 Å². The zero-order valence-corrected chi connectivity index (χ0v) is 10.2. The Morgan fingerprint density at radius 2 is 1.93 bits per heavy atom. The average molecular weight is 211 g/mol. The van der Waals surface area contributed by atoms with Gasteiger partial charge in [0.15, 0.2) is 0 Å². The minimum absolute atomic E-state index is 0.459. The minimum Gasteiger partial charge on any atom is -0.380 e. The van der Waals surface area contributed by atoms with E-state index in [1.54, 1.807) is 0 Å². The van der Waals surface area contributed by atoms with Gasteiger partial charge in [-0.3, -0.25) is 0 Å². The van der Waals surface area contributed by atoms with Crippen LogP contribution in [-0.2, 0) is 4.74 Å². The quantitative estimate of drug-likeness (QED) is 0.755. The molecule has 2 saturated carbocycles. The van der Waals surface area contributed by atoms with Gasteiger partial charge in [0.2, 0.25) is 0 Å². The van der Waals surface area contributed by atoms with Crippen molar-refractivity contribution >= 4 is 0 Å². The lowest BCUT2D eigenvalue weighted by Crippen LogP contribution is -2.47. The van der Waals surface area contributed by atoms with Gasteiger partial charge in [-0.25, -0.2) is 0 Å². The Kier molecular flexibility index (Phi) is 4.04. The molecule has 2 heteroatoms. The zero-order valence-electron chi connectivity index (χ0n) is 10.2. The standard InChI is InChI=1S/C13H25NO/c1-10(9-11-7-8-11)14-12-5-3-4-6-13(12)15-2/h10-14H,3-9H2,1-2H3. The first kappa shape index (κ1) is 11.4. The summed E-state index contributed by atoms with van der Waals surface area (Å²) in [5.74, 6) is 1.03. The van der Waals surface area contributed by atoms with Crippen LogP contribution in [0.4, 0.5) is 0 Å². The lowest BCUT2D eigenvalue weighted by Gasteiger charge is -2.33. The van der Waals surface area contributed by atoms with Crippen LogP contribution in [-0.4, -0.2) is 25.3 Å². The van der Waals surface area contributed by atoms with Crippen molar-refractivity contribution in [3.05, 3.63) is 0 Å². The maximum Gasteiger partial charge on any atom is 0.0724 e. The van der Waals surface area contributed by atoms with Crippen LogP contribution in [0.1, 0.15) is 51.9 Å². The number of rotatable bonds is 5. The van der Waals surface area contributed by atoms with Crippen molar-refractivity contribution in [3.8, 4) is 0 Å². The van der Waals surface area contributed by atoms with Crippen LogP contribution in [0.3, 0.4) is 0 Å². The molecule has 88 valence electrons. The third-order valence-electron chi connectivity index (χ3n) is 3.89. The normalized spacial score (nSPS) is 34.0. The van der Waals surface area contributed by atoms with E-state index in [-0.39, 0.29) is 0 Å². The van der Waals surface area contributed by atoms with Gasteiger partial charge in [-0.05, 0) is 32.1 Å². The summed E-state index contributed by atoms with van der Waals surface area (Å²) in [5.41, 5.74) is 0. The molecule has 2 aliphatic carbocycles. The molecule has 1 N–H and O–H groups in total. The van der Waals surface area contributed by atoms with Gasteiger partial charge in [-0.1, -0.05) is 25.7 Å². The van der Waals surface area contributed by atoms with Crippen molar-refractivity contribution in [1.29, 1.82) is 0 Å². The Labute approximate surface area is 93.8 Å². The molecule has 0 bridgehead atoms. The first-order valence-corrected chi connectivity index (χ1v) is 6.58. The summed E-state index contributed by atoms with van der Waals surface area (Å²) in [6.07, 6.45) is 10.0. The lowest BCUT2D eigenvalue weighted by molar-refractivity contribution is 0.0378. The van der Waals surface area contributed by atoms with Crippen molar-refractivity contribution in [3.63, 3.8) is 0 Å². The van der Waals surface area contributed by atoms with Crippen LogP contribution < -0.4 is 5.32 Å². The third kappa shape index (κ3) is 3.46. The van der Waals surface area contributed by atoms with E-state index >= 15 is 0 Å². The van der Waals surface area contributed by atoms with Crippen molar-refractivity contribution in [2.24, 2.45) is 5.92 Å². The number of ether oxygens (including phenoxy) is 1. The van der Waals surface area contributed by atoms with E-state index in [1.165, 1.54) is 44.9 Å². The van der Waals surface area contributed by atoms with Crippen LogP contribution in [0.15, 0.2) is 0 Å². The van der Waals surface area contributed by atoms with Crippen LogP contribution in [0, 0.1) is 5.92 Å². The summed E-state index contributed by atoms with van der Waals surface area (Å²) in [6, 6.07) is 1.29. The molecule has 0 saturated heterocycles. The first-order valence-electron chi connectivity index (χ1n) is 6.58. The van der Waals surface area contributed by atoms with E-state index < -0.39 is 0 Å². The number of methoxy groups -OCH3 is 1. The fourth-order valence-corrected chi connectivity index (χ4v) is 2.86. The highest BCUT2D eigenvalue weighted by Crippen LogP contribution is 2.33. The molecule has 0 aromatic rings. The van der Waals surface area contributed by atoms with Gasteiger partial charge in [0, 0.05) is 19.2 Å². The van der Waals surface area contributed by atoms with Crippen molar-refractivity contribution < 1.29 is 4.74 Å². The summed E-state index contributed by atoms with van der Waals surface area (Å²) in [5, 5.41) is 3.77. The molecule has 2 fully saturated rings. The summed E-state index contributed by atoms with van der Waals surface area (Å²) < 4.78 is 5.56. The molecule has 0 aromatic carbocycles. The fraction of sp³-hybridized carbons (Fsp3) is 1.00. The second-order valence-corrected chi connectivity index (χ2v) is 5.41. The third-order valence-corrected chi connectivity index (χ3v) is 3.89. The van der Waals surface area contributed by atoms with Crippen LogP contribution in [0.5, 0.6) is 0 Å². The Bertz CT molecular complexity index is 191. The highest BCUT2D eigenvalue weighted by molar-refractivity contribution is 4.85. The van der Waals surface area contributed by atoms with E-state index in [0.29, 0.717) is 18.2 Å². The number of nitrogens with one attached hydrogen (secondary N) is 1. The van der Waals surface area contributed by atoms with Gasteiger partial charge in [-0.15, -0.1) is 0 Å². The lowest BCUT2D eigenvalue weighted by atomic mass is 9.91. The van der Waals surface area contributed by atoms with E-state index in [2.05, 4.69) is 12.2 Å². The molecular weight excluding hydrogens is 186 g/mol. The molecule has 2 nitrogen and oxygen atoms in total. The maximum absolute atomic E-state index is 5.56. The second kappa shape index (κ2) is 5.31. The largest absolute Gasteiger partial charge is 0.380 e. The van der Waals surface area contributed by atoms with Crippen LogP contribution in [0.2, 0.25) is 0 Å². The van der Waals surface area contributed by atoms with Gasteiger partial charge in [-0.2, -0.15) is 0 Å². The molecule has 0 aromatic heterocycles. The minimum atomic E-state index is 0.459. The highest BCUT2D eigenvalue weighted by atomic mass is 16.5. The molecule has 0 heterocycles. The topological polar surface area (TPSA) is 21.3 Å². The first-order chi connectivity index (χ1) is 7.29. The van der Waals surface area contributed by atoms with Crippen molar-refractivity contribution in [2.45, 2.75) is 70.1 Å². The molecule has 2 rings (SSSR count). The molecule has 0 spiro atoms. The second-order valence-electron chi connectivity index (χ2n) is 5.41. The summed E-state index contributed by atoms with van der Waals surface area (Å²) in [4.78, 5) is 0. The SMILES string of the molecule is COC1CCCCC1NC(C)CC1CC1. The fourth-order valence-electron chi connectivity index (χ4n) is 2.86. The van der Waals surface area contributed by atoms with E-state index in [1.807, 2.05) is 7.11 Å². The van der Waals surface area contributed by atoms with E-state index in [0.717, 1.165) is 5.92 Å². The van der Waals surface area contributed by atoms with E-state index in [9.17, 15) is 0 Å².